The minimum atomic E-state index is 0.574. The maximum Gasteiger partial charge on any atom is 0.136 e. The summed E-state index contributed by atoms with van der Waals surface area (Å²) >= 11 is 0. The predicted molar refractivity (Wildman–Crippen MR) is 60.7 cm³/mol. The Morgan fingerprint density at radius 2 is 2.07 bits per heavy atom. The molecule has 2 heteroatoms. The van der Waals surface area contributed by atoms with Gasteiger partial charge in [0.05, 0.1) is 12.7 Å². The normalized spacial score (nSPS) is 13.4. The van der Waals surface area contributed by atoms with E-state index in [0.29, 0.717) is 11.3 Å². The summed E-state index contributed by atoms with van der Waals surface area (Å²) in [7, 11) is 1.55. The highest BCUT2D eigenvalue weighted by atomic mass is 16.5. The number of nitriles is 1. The van der Waals surface area contributed by atoms with Gasteiger partial charge in [-0.2, -0.15) is 5.26 Å². The van der Waals surface area contributed by atoms with Crippen LogP contribution in [-0.4, -0.2) is 7.11 Å². The van der Waals surface area contributed by atoms with Gasteiger partial charge in [-0.15, -0.1) is 0 Å². The molecule has 1 fully saturated rings. The fourth-order valence-corrected chi connectivity index (χ4v) is 1.26. The summed E-state index contributed by atoms with van der Waals surface area (Å²) in [5, 5.41) is 8.52. The number of hydrogen-bond acceptors (Lipinski definition) is 2. The van der Waals surface area contributed by atoms with E-state index in [4.69, 9.17) is 10.00 Å². The zero-order valence-corrected chi connectivity index (χ0v) is 9.36. The van der Waals surface area contributed by atoms with E-state index in [2.05, 4.69) is 6.92 Å². The average Bonchev–Trinajstić information content (AvgIpc) is 3.13. The van der Waals surface area contributed by atoms with Crippen LogP contribution in [0, 0.1) is 17.2 Å². The number of benzene rings is 1. The molecule has 0 aliphatic heterocycles. The van der Waals surface area contributed by atoms with Crippen molar-refractivity contribution in [1.82, 2.24) is 0 Å². The van der Waals surface area contributed by atoms with Gasteiger partial charge in [0.1, 0.15) is 11.8 Å². The number of ether oxygens (including phenoxy) is 1. The first-order valence-electron chi connectivity index (χ1n) is 5.35. The van der Waals surface area contributed by atoms with Gasteiger partial charge in [-0.25, -0.2) is 0 Å². The maximum absolute atomic E-state index is 8.52. The first-order chi connectivity index (χ1) is 7.31. The lowest BCUT2D eigenvalue weighted by Gasteiger charge is -1.98. The molecule has 0 spiro atoms. The van der Waals surface area contributed by atoms with Crippen LogP contribution in [0.4, 0.5) is 0 Å². The van der Waals surface area contributed by atoms with Crippen LogP contribution in [0.5, 0.6) is 5.75 Å². The molecule has 0 aromatic heterocycles. The van der Waals surface area contributed by atoms with Crippen molar-refractivity contribution in [3.8, 4) is 11.8 Å². The van der Waals surface area contributed by atoms with E-state index >= 15 is 0 Å². The molecule has 1 saturated carbocycles. The van der Waals surface area contributed by atoms with Crippen LogP contribution in [0.25, 0.3) is 0 Å². The Bertz CT molecular complexity index is 337. The SMILES string of the molecule is CCC1CC1.COc1ccccc1C#N. The Kier molecular flexibility index (Phi) is 4.70. The van der Waals surface area contributed by atoms with Gasteiger partial charge in [-0.3, -0.25) is 0 Å². The van der Waals surface area contributed by atoms with Gasteiger partial charge in [0.15, 0.2) is 0 Å². The van der Waals surface area contributed by atoms with E-state index in [9.17, 15) is 0 Å². The molecule has 0 bridgehead atoms. The molecule has 0 radical (unpaired) electrons. The van der Waals surface area contributed by atoms with Gasteiger partial charge < -0.3 is 4.74 Å². The van der Waals surface area contributed by atoms with Crippen molar-refractivity contribution in [3.63, 3.8) is 0 Å². The number of para-hydroxylation sites is 1. The molecule has 1 aromatic rings. The quantitative estimate of drug-likeness (QED) is 0.738. The van der Waals surface area contributed by atoms with E-state index in [0.717, 1.165) is 5.92 Å². The lowest BCUT2D eigenvalue weighted by atomic mass is 10.2. The van der Waals surface area contributed by atoms with Crippen molar-refractivity contribution < 1.29 is 4.74 Å². The molecule has 1 aromatic carbocycles. The number of hydrogen-bond donors (Lipinski definition) is 0. The van der Waals surface area contributed by atoms with Crippen molar-refractivity contribution in [1.29, 1.82) is 5.26 Å². The van der Waals surface area contributed by atoms with Crippen molar-refractivity contribution in [2.75, 3.05) is 7.11 Å². The molecule has 0 saturated heterocycles. The van der Waals surface area contributed by atoms with Crippen LogP contribution in [0.2, 0.25) is 0 Å². The topological polar surface area (TPSA) is 33.0 Å². The van der Waals surface area contributed by atoms with Gasteiger partial charge in [-0.05, 0) is 18.1 Å². The summed E-state index contributed by atoms with van der Waals surface area (Å²) in [6.07, 6.45) is 4.44. The first kappa shape index (κ1) is 11.6. The molecule has 0 atom stereocenters. The van der Waals surface area contributed by atoms with Gasteiger partial charge in [0.2, 0.25) is 0 Å². The Morgan fingerprint density at radius 1 is 1.40 bits per heavy atom. The summed E-state index contributed by atoms with van der Waals surface area (Å²) < 4.78 is 4.91. The monoisotopic (exact) mass is 203 g/mol. The fraction of sp³-hybridized carbons (Fsp3) is 0.462. The predicted octanol–water partition coefficient (Wildman–Crippen LogP) is 3.37. The number of rotatable bonds is 2. The summed E-state index contributed by atoms with van der Waals surface area (Å²) in [5.41, 5.74) is 0.574. The molecule has 0 unspecified atom stereocenters. The van der Waals surface area contributed by atoms with Crippen molar-refractivity contribution in [3.05, 3.63) is 29.8 Å². The van der Waals surface area contributed by atoms with Gasteiger partial charge >= 0.3 is 0 Å². The number of nitrogens with zero attached hydrogens (tertiary/aromatic N) is 1. The third-order valence-electron chi connectivity index (χ3n) is 2.50. The van der Waals surface area contributed by atoms with Gasteiger partial charge in [-0.1, -0.05) is 38.3 Å². The molecule has 2 rings (SSSR count). The summed E-state index contributed by atoms with van der Waals surface area (Å²) in [6.45, 7) is 2.26. The van der Waals surface area contributed by atoms with Crippen LogP contribution < -0.4 is 4.74 Å². The molecule has 0 amide bonds. The average molecular weight is 203 g/mol. The Balaban J connectivity index is 0.000000187. The lowest BCUT2D eigenvalue weighted by molar-refractivity contribution is 0.413. The second-order valence-corrected chi connectivity index (χ2v) is 3.66. The van der Waals surface area contributed by atoms with Crippen molar-refractivity contribution in [2.24, 2.45) is 5.92 Å². The highest BCUT2D eigenvalue weighted by molar-refractivity contribution is 5.42. The Labute approximate surface area is 91.5 Å². The molecule has 2 nitrogen and oxygen atoms in total. The summed E-state index contributed by atoms with van der Waals surface area (Å²) in [4.78, 5) is 0. The fourth-order valence-electron chi connectivity index (χ4n) is 1.26. The van der Waals surface area contributed by atoms with E-state index < -0.39 is 0 Å². The lowest BCUT2D eigenvalue weighted by Crippen LogP contribution is -1.85. The minimum absolute atomic E-state index is 0.574. The summed E-state index contributed by atoms with van der Waals surface area (Å²) in [6, 6.07) is 9.14. The molecule has 0 heterocycles. The largest absolute Gasteiger partial charge is 0.495 e. The highest BCUT2D eigenvalue weighted by Gasteiger charge is 2.17. The third kappa shape index (κ3) is 4.03. The number of methoxy groups -OCH3 is 1. The van der Waals surface area contributed by atoms with Crippen molar-refractivity contribution in [2.45, 2.75) is 26.2 Å². The Hall–Kier alpha value is -1.49. The van der Waals surface area contributed by atoms with E-state index in [-0.39, 0.29) is 0 Å². The zero-order valence-electron chi connectivity index (χ0n) is 9.36. The second-order valence-electron chi connectivity index (χ2n) is 3.66. The molecular formula is C13H17NO. The van der Waals surface area contributed by atoms with Crippen LogP contribution in [-0.2, 0) is 0 Å². The molecule has 0 N–H and O–H groups in total. The maximum atomic E-state index is 8.52. The molecule has 80 valence electrons. The summed E-state index contributed by atoms with van der Waals surface area (Å²) in [5.74, 6) is 1.76. The van der Waals surface area contributed by atoms with Crippen molar-refractivity contribution >= 4 is 0 Å². The standard InChI is InChI=1S/C8H7NO.C5H10/c1-10-8-5-3-2-4-7(8)6-9;1-2-5-3-4-5/h2-5H,1H3;5H,2-4H2,1H3. The highest BCUT2D eigenvalue weighted by Crippen LogP contribution is 2.31. The molecule has 1 aliphatic carbocycles. The van der Waals surface area contributed by atoms with Crippen LogP contribution >= 0.6 is 0 Å². The zero-order chi connectivity index (χ0) is 11.1. The minimum Gasteiger partial charge on any atom is -0.495 e. The smallest absolute Gasteiger partial charge is 0.136 e. The molecular weight excluding hydrogens is 186 g/mol. The van der Waals surface area contributed by atoms with E-state index in [1.165, 1.54) is 19.3 Å². The van der Waals surface area contributed by atoms with Crippen LogP contribution in [0.15, 0.2) is 24.3 Å². The molecule has 1 aliphatic rings. The van der Waals surface area contributed by atoms with E-state index in [1.807, 2.05) is 12.1 Å². The van der Waals surface area contributed by atoms with Gasteiger partial charge in [0, 0.05) is 0 Å². The molecule has 15 heavy (non-hydrogen) atoms. The second kappa shape index (κ2) is 6.08. The van der Waals surface area contributed by atoms with Crippen LogP contribution in [0.3, 0.4) is 0 Å². The van der Waals surface area contributed by atoms with Crippen LogP contribution in [0.1, 0.15) is 31.7 Å². The third-order valence-corrected chi connectivity index (χ3v) is 2.50. The Morgan fingerprint density at radius 3 is 2.40 bits per heavy atom. The van der Waals surface area contributed by atoms with E-state index in [1.54, 1.807) is 25.3 Å². The first-order valence-corrected chi connectivity index (χ1v) is 5.35. The van der Waals surface area contributed by atoms with Gasteiger partial charge in [0.25, 0.3) is 0 Å².